The maximum atomic E-state index is 14.3. The van der Waals surface area contributed by atoms with Gasteiger partial charge in [-0.15, -0.1) is 23.2 Å². The molecule has 0 radical (unpaired) electrons. The average molecular weight is 905 g/mol. The number of hydrogen-bond donors (Lipinski definition) is 0. The van der Waals surface area contributed by atoms with E-state index in [9.17, 15) is 14.2 Å². The molecule has 0 unspecified atom stereocenters. The van der Waals surface area contributed by atoms with Crippen molar-refractivity contribution in [1.82, 2.24) is 4.67 Å². The van der Waals surface area contributed by atoms with Crippen molar-refractivity contribution in [2.75, 3.05) is 38.1 Å². The van der Waals surface area contributed by atoms with Crippen LogP contribution in [-0.2, 0) is 28.2 Å². The molecule has 0 N–H and O–H groups in total. The minimum absolute atomic E-state index is 0.178. The fourth-order valence-corrected chi connectivity index (χ4v) is 9.82. The van der Waals surface area contributed by atoms with Gasteiger partial charge in [0.15, 0.2) is 6.10 Å². The normalized spacial score (nSPS) is 13.0. The van der Waals surface area contributed by atoms with Gasteiger partial charge in [0.05, 0.1) is 6.61 Å². The Kier molecular flexibility index (Phi) is 39.4. The number of alkyl halides is 2. The highest BCUT2D eigenvalue weighted by atomic mass is 35.5. The number of carbonyl (C=O) groups is 2. The first-order chi connectivity index (χ1) is 29.4. The molecular weight excluding hydrogens is 816 g/mol. The summed E-state index contributed by atoms with van der Waals surface area (Å²) in [7, 11) is -4.00. The Hall–Kier alpha value is -1.31. The third kappa shape index (κ3) is 33.3. The molecule has 350 valence electrons. The average Bonchev–Trinajstić information content (AvgIpc) is 3.24. The molecule has 0 fully saturated rings. The van der Waals surface area contributed by atoms with E-state index in [0.29, 0.717) is 12.2 Å². The van der Waals surface area contributed by atoms with Gasteiger partial charge in [-0.2, -0.15) is 4.67 Å². The quantitative estimate of drug-likeness (QED) is 0.0277. The fourth-order valence-electron chi connectivity index (χ4n) is 7.41. The lowest BCUT2D eigenvalue weighted by Gasteiger charge is -2.30. The molecule has 0 aromatic heterocycles. The van der Waals surface area contributed by atoms with Crippen molar-refractivity contribution in [3.8, 4) is 5.75 Å². The van der Waals surface area contributed by atoms with Gasteiger partial charge in [0.25, 0.3) is 0 Å². The van der Waals surface area contributed by atoms with Crippen molar-refractivity contribution >= 4 is 42.9 Å². The van der Waals surface area contributed by atoms with Crippen LogP contribution < -0.4 is 4.52 Å². The molecular formula is C49H88Cl2NO7P. The van der Waals surface area contributed by atoms with Gasteiger partial charge < -0.3 is 14.0 Å². The van der Waals surface area contributed by atoms with Crippen LogP contribution in [0.5, 0.6) is 5.75 Å². The van der Waals surface area contributed by atoms with Crippen molar-refractivity contribution < 1.29 is 32.7 Å². The van der Waals surface area contributed by atoms with Crippen LogP contribution in [0.3, 0.4) is 0 Å². The van der Waals surface area contributed by atoms with E-state index in [2.05, 4.69) is 13.8 Å². The predicted octanol–water partition coefficient (Wildman–Crippen LogP) is 15.9. The number of ether oxygens (including phenoxy) is 2. The summed E-state index contributed by atoms with van der Waals surface area (Å²) < 4.78 is 39.1. The Bertz CT molecular complexity index is 1160. The van der Waals surface area contributed by atoms with E-state index < -0.39 is 19.8 Å². The third-order valence-corrected chi connectivity index (χ3v) is 13.5. The van der Waals surface area contributed by atoms with Crippen molar-refractivity contribution in [2.45, 2.75) is 225 Å². The molecule has 0 aliphatic rings. The first-order valence-corrected chi connectivity index (χ1v) is 27.2. The number of halogens is 2. The highest BCUT2D eigenvalue weighted by Gasteiger charge is 2.36. The predicted molar refractivity (Wildman–Crippen MR) is 254 cm³/mol. The zero-order valence-corrected chi connectivity index (χ0v) is 40.7. The molecule has 60 heavy (non-hydrogen) atoms. The number of nitrogens with zero attached hydrogens (tertiary/aromatic N) is 1. The van der Waals surface area contributed by atoms with Crippen molar-refractivity contribution in [2.24, 2.45) is 0 Å². The molecule has 1 aromatic carbocycles. The van der Waals surface area contributed by atoms with Crippen molar-refractivity contribution in [3.05, 3.63) is 30.3 Å². The lowest BCUT2D eigenvalue weighted by molar-refractivity contribution is -0.161. The summed E-state index contributed by atoms with van der Waals surface area (Å²) in [5.74, 6) is -0.0307. The summed E-state index contributed by atoms with van der Waals surface area (Å²) in [5.41, 5.74) is 0. The van der Waals surface area contributed by atoms with Crippen LogP contribution in [0.15, 0.2) is 30.3 Å². The molecule has 0 aliphatic carbocycles. The third-order valence-electron chi connectivity index (χ3n) is 11.1. The smallest absolute Gasteiger partial charge is 0.461 e. The SMILES string of the molecule is CCCCCCCCCCCCCCCCCC(=O)OC[C@H](CO[P@@](=O)(Oc1ccccc1)N(CCCl)CCCl)OC(=O)CCCCCCCCCCCCCCCCC. The van der Waals surface area contributed by atoms with Gasteiger partial charge in [-0.05, 0) is 25.0 Å². The summed E-state index contributed by atoms with van der Waals surface area (Å²) in [4.78, 5) is 25.8. The van der Waals surface area contributed by atoms with Gasteiger partial charge in [-0.3, -0.25) is 14.1 Å². The zero-order chi connectivity index (χ0) is 43.6. The van der Waals surface area contributed by atoms with E-state index in [-0.39, 0.29) is 50.5 Å². The molecule has 1 rings (SSSR count). The van der Waals surface area contributed by atoms with Crippen molar-refractivity contribution in [3.63, 3.8) is 0 Å². The Morgan fingerprint density at radius 1 is 0.533 bits per heavy atom. The van der Waals surface area contributed by atoms with Crippen LogP contribution in [0.4, 0.5) is 0 Å². The number of rotatable bonds is 45. The van der Waals surface area contributed by atoms with E-state index in [4.69, 9.17) is 41.7 Å². The molecule has 2 atom stereocenters. The minimum atomic E-state index is -4.00. The topological polar surface area (TPSA) is 91.4 Å². The van der Waals surface area contributed by atoms with E-state index >= 15 is 0 Å². The van der Waals surface area contributed by atoms with Crippen LogP contribution in [0.1, 0.15) is 219 Å². The minimum Gasteiger partial charge on any atom is -0.462 e. The van der Waals surface area contributed by atoms with Crippen LogP contribution in [0.2, 0.25) is 0 Å². The monoisotopic (exact) mass is 904 g/mol. The van der Waals surface area contributed by atoms with E-state index in [1.165, 1.54) is 159 Å². The van der Waals surface area contributed by atoms with Gasteiger partial charge in [-0.1, -0.05) is 212 Å². The van der Waals surface area contributed by atoms with Gasteiger partial charge in [0, 0.05) is 37.7 Å². The van der Waals surface area contributed by atoms with Gasteiger partial charge >= 0.3 is 19.7 Å². The Morgan fingerprint density at radius 2 is 0.900 bits per heavy atom. The molecule has 0 bridgehead atoms. The largest absolute Gasteiger partial charge is 0.462 e. The summed E-state index contributed by atoms with van der Waals surface area (Å²) in [5, 5.41) is 0. The van der Waals surface area contributed by atoms with Gasteiger partial charge in [-0.25, -0.2) is 4.57 Å². The van der Waals surface area contributed by atoms with E-state index in [1.807, 2.05) is 6.07 Å². The molecule has 0 saturated heterocycles. The number of para-hydroxylation sites is 1. The molecule has 0 heterocycles. The molecule has 0 amide bonds. The highest BCUT2D eigenvalue weighted by molar-refractivity contribution is 7.51. The molecule has 1 aromatic rings. The molecule has 8 nitrogen and oxygen atoms in total. The standard InChI is InChI=1S/C49H88Cl2NO7P/c1-3-5-7-9-11-13-15-17-19-21-23-25-27-29-34-38-48(53)56-44-47(45-57-60(55,52(42-40-50)43-41-51)59-46-36-32-31-33-37-46)58-49(54)39-35-30-28-26-24-22-20-18-16-14-12-10-8-6-4-2/h31-33,36-37,47H,3-30,34-35,38-45H2,1-2H3/t47-,60-/m1/s1. The number of hydrogen-bond acceptors (Lipinski definition) is 7. The van der Waals surface area contributed by atoms with Crippen LogP contribution in [-0.4, -0.2) is 60.8 Å². The van der Waals surface area contributed by atoms with Crippen LogP contribution in [0, 0.1) is 0 Å². The summed E-state index contributed by atoms with van der Waals surface area (Å²) in [6.45, 7) is 4.45. The number of esters is 2. The van der Waals surface area contributed by atoms with Crippen molar-refractivity contribution in [1.29, 1.82) is 0 Å². The summed E-state index contributed by atoms with van der Waals surface area (Å²) in [6, 6.07) is 8.74. The molecule has 11 heteroatoms. The number of benzene rings is 1. The lowest BCUT2D eigenvalue weighted by Crippen LogP contribution is -2.33. The van der Waals surface area contributed by atoms with E-state index in [0.717, 1.165) is 38.5 Å². The highest BCUT2D eigenvalue weighted by Crippen LogP contribution is 2.52. The second-order valence-electron chi connectivity index (χ2n) is 16.7. The second-order valence-corrected chi connectivity index (χ2v) is 19.4. The second kappa shape index (κ2) is 41.7. The number of unbranched alkanes of at least 4 members (excludes halogenated alkanes) is 28. The van der Waals surface area contributed by atoms with Gasteiger partial charge in [0.1, 0.15) is 12.4 Å². The Labute approximate surface area is 378 Å². The van der Waals surface area contributed by atoms with E-state index in [1.54, 1.807) is 24.3 Å². The lowest BCUT2D eigenvalue weighted by atomic mass is 10.0. The summed E-state index contributed by atoms with van der Waals surface area (Å²) >= 11 is 12.1. The maximum absolute atomic E-state index is 14.3. The van der Waals surface area contributed by atoms with Crippen LogP contribution in [0.25, 0.3) is 0 Å². The first kappa shape index (κ1) is 56.7. The Morgan fingerprint density at radius 3 is 1.28 bits per heavy atom. The molecule has 0 spiro atoms. The maximum Gasteiger partial charge on any atom is 0.461 e. The number of carbonyl (C=O) groups excluding carboxylic acids is 2. The van der Waals surface area contributed by atoms with Crippen LogP contribution >= 0.6 is 30.9 Å². The first-order valence-electron chi connectivity index (χ1n) is 24.6. The fraction of sp³-hybridized carbons (Fsp3) is 0.837. The zero-order valence-electron chi connectivity index (χ0n) is 38.3. The van der Waals surface area contributed by atoms with Gasteiger partial charge in [0.2, 0.25) is 0 Å². The molecule has 0 saturated carbocycles. The molecule has 0 aliphatic heterocycles. The Balaban J connectivity index is 2.54. The summed E-state index contributed by atoms with van der Waals surface area (Å²) in [6.07, 6.45) is 37.1.